The number of halogens is 6. The van der Waals surface area contributed by atoms with Crippen LogP contribution in [0.15, 0.2) is 0 Å². The molecule has 0 bridgehead atoms. The number of nitrogens with one attached hydrogen (secondary N) is 1. The maximum Gasteiger partial charge on any atom is 0.423 e. The van der Waals surface area contributed by atoms with E-state index >= 15 is 0 Å². The average molecular weight is 295 g/mol. The van der Waals surface area contributed by atoms with Gasteiger partial charge in [0, 0.05) is 6.04 Å². The van der Waals surface area contributed by atoms with Gasteiger partial charge in [0.1, 0.15) is 6.04 Å². The van der Waals surface area contributed by atoms with Gasteiger partial charge in [0.25, 0.3) is 0 Å². The van der Waals surface area contributed by atoms with Gasteiger partial charge in [-0.3, -0.25) is 10.1 Å². The third-order valence-corrected chi connectivity index (χ3v) is 2.34. The molecule has 0 spiro atoms. The normalized spacial score (nSPS) is 18.7. The monoisotopic (exact) mass is 295 g/mol. The third kappa shape index (κ3) is 5.23. The predicted octanol–water partition coefficient (Wildman–Crippen LogP) is 1.70. The summed E-state index contributed by atoms with van der Waals surface area (Å²) in [5.74, 6) is -1.56. The van der Waals surface area contributed by atoms with Gasteiger partial charge in [-0.1, -0.05) is 0 Å². The molecule has 0 aromatic rings. The first-order chi connectivity index (χ1) is 8.51. The number of aliphatic carboxylic acids is 1. The fourth-order valence-corrected chi connectivity index (χ4v) is 1.29. The SMILES string of the molecule is O=C(O)C(COC(C(F)(F)F)C(F)(F)F)NC1CC1. The smallest absolute Gasteiger partial charge is 0.423 e. The molecule has 0 aromatic carbocycles. The van der Waals surface area contributed by atoms with Crippen LogP contribution >= 0.6 is 0 Å². The van der Waals surface area contributed by atoms with Crippen molar-refractivity contribution >= 4 is 5.97 Å². The van der Waals surface area contributed by atoms with Crippen molar-refractivity contribution in [2.45, 2.75) is 43.4 Å². The molecule has 19 heavy (non-hydrogen) atoms. The van der Waals surface area contributed by atoms with Gasteiger partial charge in [0.15, 0.2) is 0 Å². The Morgan fingerprint density at radius 3 is 2.00 bits per heavy atom. The van der Waals surface area contributed by atoms with E-state index in [1.807, 2.05) is 0 Å². The summed E-state index contributed by atoms with van der Waals surface area (Å²) in [7, 11) is 0. The molecule has 0 radical (unpaired) electrons. The van der Waals surface area contributed by atoms with Crippen LogP contribution in [0.3, 0.4) is 0 Å². The molecule has 1 aliphatic rings. The van der Waals surface area contributed by atoms with Gasteiger partial charge in [-0.15, -0.1) is 0 Å². The van der Waals surface area contributed by atoms with Gasteiger partial charge >= 0.3 is 18.3 Å². The fourth-order valence-electron chi connectivity index (χ4n) is 1.29. The first kappa shape index (κ1) is 16.0. The number of ether oxygens (including phenoxy) is 1. The predicted molar refractivity (Wildman–Crippen MR) is 49.4 cm³/mol. The van der Waals surface area contributed by atoms with E-state index in [-0.39, 0.29) is 6.04 Å². The van der Waals surface area contributed by atoms with Crippen molar-refractivity contribution in [3.63, 3.8) is 0 Å². The minimum atomic E-state index is -5.64. The molecule has 112 valence electrons. The zero-order valence-corrected chi connectivity index (χ0v) is 9.38. The highest BCUT2D eigenvalue weighted by molar-refractivity contribution is 5.73. The summed E-state index contributed by atoms with van der Waals surface area (Å²) in [5, 5.41) is 11.1. The summed E-state index contributed by atoms with van der Waals surface area (Å²) in [4.78, 5) is 10.7. The van der Waals surface area contributed by atoms with Crippen LogP contribution in [0.2, 0.25) is 0 Å². The number of hydrogen-bond donors (Lipinski definition) is 2. The van der Waals surface area contributed by atoms with Crippen LogP contribution in [0, 0.1) is 0 Å². The maximum absolute atomic E-state index is 12.1. The van der Waals surface area contributed by atoms with Crippen LogP contribution in [0.5, 0.6) is 0 Å². The Morgan fingerprint density at radius 2 is 1.68 bits per heavy atom. The molecule has 1 aliphatic carbocycles. The molecule has 0 aromatic heterocycles. The number of carbonyl (C=O) groups is 1. The molecule has 10 heteroatoms. The van der Waals surface area contributed by atoms with Crippen molar-refractivity contribution in [3.05, 3.63) is 0 Å². The Labute approximate surface area is 103 Å². The van der Waals surface area contributed by atoms with Crippen molar-refractivity contribution in [3.8, 4) is 0 Å². The molecule has 1 saturated carbocycles. The second-order valence-corrected chi connectivity index (χ2v) is 4.13. The number of alkyl halides is 6. The van der Waals surface area contributed by atoms with Crippen LogP contribution in [0.1, 0.15) is 12.8 Å². The molecule has 1 unspecified atom stereocenters. The molecule has 4 nitrogen and oxygen atoms in total. The van der Waals surface area contributed by atoms with E-state index in [0.717, 1.165) is 0 Å². The molecular formula is C9H11F6NO3. The van der Waals surface area contributed by atoms with E-state index < -0.39 is 37.1 Å². The van der Waals surface area contributed by atoms with Crippen LogP contribution < -0.4 is 5.32 Å². The van der Waals surface area contributed by atoms with Crippen LogP contribution in [0.25, 0.3) is 0 Å². The highest BCUT2D eigenvalue weighted by Gasteiger charge is 2.58. The van der Waals surface area contributed by atoms with Crippen molar-refractivity contribution in [2.24, 2.45) is 0 Å². The highest BCUT2D eigenvalue weighted by Crippen LogP contribution is 2.35. The lowest BCUT2D eigenvalue weighted by atomic mass is 10.3. The van der Waals surface area contributed by atoms with Gasteiger partial charge in [0.05, 0.1) is 6.61 Å². The van der Waals surface area contributed by atoms with Gasteiger partial charge in [-0.25, -0.2) is 0 Å². The van der Waals surface area contributed by atoms with Gasteiger partial charge in [-0.05, 0) is 12.8 Å². The van der Waals surface area contributed by atoms with E-state index in [1.54, 1.807) is 0 Å². The molecule has 0 saturated heterocycles. The Balaban J connectivity index is 2.60. The third-order valence-electron chi connectivity index (χ3n) is 2.34. The lowest BCUT2D eigenvalue weighted by Gasteiger charge is -2.24. The summed E-state index contributed by atoms with van der Waals surface area (Å²) >= 11 is 0. The molecule has 1 rings (SSSR count). The summed E-state index contributed by atoms with van der Waals surface area (Å²) < 4.78 is 76.5. The van der Waals surface area contributed by atoms with Gasteiger partial charge in [0.2, 0.25) is 6.10 Å². The maximum atomic E-state index is 12.1. The number of hydrogen-bond acceptors (Lipinski definition) is 3. The Kier molecular flexibility index (Phi) is 4.67. The van der Waals surface area contributed by atoms with Crippen LogP contribution in [0.4, 0.5) is 26.3 Å². The summed E-state index contributed by atoms with van der Waals surface area (Å²) in [5.41, 5.74) is 0. The van der Waals surface area contributed by atoms with Crippen LogP contribution in [-0.2, 0) is 9.53 Å². The molecule has 2 N–H and O–H groups in total. The standard InChI is InChI=1S/C9H11F6NO3/c10-8(11,12)7(9(13,14)15)19-3-5(6(17)18)16-4-1-2-4/h4-5,7,16H,1-3H2,(H,17,18). The van der Waals surface area contributed by atoms with Crippen molar-refractivity contribution < 1.29 is 41.0 Å². The lowest BCUT2D eigenvalue weighted by Crippen LogP contribution is -2.49. The molecular weight excluding hydrogens is 284 g/mol. The number of carboxylic acids is 1. The highest BCUT2D eigenvalue weighted by atomic mass is 19.4. The van der Waals surface area contributed by atoms with Crippen molar-refractivity contribution in [2.75, 3.05) is 6.61 Å². The van der Waals surface area contributed by atoms with E-state index in [2.05, 4.69) is 10.1 Å². The van der Waals surface area contributed by atoms with Crippen molar-refractivity contribution in [1.29, 1.82) is 0 Å². The minimum absolute atomic E-state index is 0.195. The molecule has 1 atom stereocenters. The summed E-state index contributed by atoms with van der Waals surface area (Å²) in [6.45, 7) is -1.21. The average Bonchev–Trinajstić information content (AvgIpc) is 2.95. The number of carboxylic acid groups (broad SMARTS) is 1. The largest absolute Gasteiger partial charge is 0.480 e. The molecule has 0 amide bonds. The lowest BCUT2D eigenvalue weighted by molar-refractivity contribution is -0.322. The van der Waals surface area contributed by atoms with E-state index in [1.165, 1.54) is 0 Å². The summed E-state index contributed by atoms with van der Waals surface area (Å²) in [6.07, 6.45) is -14.0. The summed E-state index contributed by atoms with van der Waals surface area (Å²) in [6, 6.07) is -1.79. The quantitative estimate of drug-likeness (QED) is 0.732. The topological polar surface area (TPSA) is 58.6 Å². The van der Waals surface area contributed by atoms with E-state index in [4.69, 9.17) is 5.11 Å². The minimum Gasteiger partial charge on any atom is -0.480 e. The van der Waals surface area contributed by atoms with Crippen molar-refractivity contribution in [1.82, 2.24) is 5.32 Å². The zero-order valence-electron chi connectivity index (χ0n) is 9.38. The Bertz CT molecular complexity index is 311. The number of rotatable bonds is 6. The fraction of sp³-hybridized carbons (Fsp3) is 0.889. The zero-order chi connectivity index (χ0) is 14.8. The van der Waals surface area contributed by atoms with Crippen LogP contribution in [-0.4, -0.2) is 48.2 Å². The van der Waals surface area contributed by atoms with Gasteiger partial charge < -0.3 is 9.84 Å². The van der Waals surface area contributed by atoms with E-state index in [9.17, 15) is 31.1 Å². The Morgan fingerprint density at radius 1 is 1.21 bits per heavy atom. The molecule has 0 heterocycles. The second kappa shape index (κ2) is 5.53. The second-order valence-electron chi connectivity index (χ2n) is 4.13. The first-order valence-corrected chi connectivity index (χ1v) is 5.25. The van der Waals surface area contributed by atoms with Gasteiger partial charge in [-0.2, -0.15) is 26.3 Å². The molecule has 0 aliphatic heterocycles. The first-order valence-electron chi connectivity index (χ1n) is 5.25. The van der Waals surface area contributed by atoms with E-state index in [0.29, 0.717) is 12.8 Å². The Hall–Kier alpha value is -1.03. The molecule has 1 fully saturated rings.